The number of ether oxygens (including phenoxy) is 1. The van der Waals surface area contributed by atoms with Gasteiger partial charge in [-0.05, 0) is 29.5 Å². The highest BCUT2D eigenvalue weighted by molar-refractivity contribution is 14.1. The number of aliphatic hydroxyl groups is 1. The molecular formula is C17H18IN7O6. The number of aromatic nitrogens is 7. The fourth-order valence-corrected chi connectivity index (χ4v) is 3.78. The van der Waals surface area contributed by atoms with Crippen molar-refractivity contribution in [2.75, 3.05) is 0 Å². The first-order chi connectivity index (χ1) is 14.7. The fraction of sp³-hybridized carbons (Fsp3) is 0.412. The van der Waals surface area contributed by atoms with E-state index in [1.54, 1.807) is 13.1 Å². The first kappa shape index (κ1) is 21.4. The molecule has 3 aromatic heterocycles. The third kappa shape index (κ3) is 4.45. The van der Waals surface area contributed by atoms with Crippen LogP contribution in [0.1, 0.15) is 23.9 Å². The summed E-state index contributed by atoms with van der Waals surface area (Å²) >= 11 is 1.83. The lowest BCUT2D eigenvalue weighted by Crippen LogP contribution is -2.33. The zero-order chi connectivity index (χ0) is 22.3. The van der Waals surface area contributed by atoms with Gasteiger partial charge in [0.05, 0.1) is 29.0 Å². The number of aliphatic hydroxyl groups excluding tert-OH is 1. The van der Waals surface area contributed by atoms with Crippen molar-refractivity contribution in [3.05, 3.63) is 75.1 Å². The molecule has 3 atom stereocenters. The number of hydrogen-bond acceptors (Lipinski definition) is 8. The summed E-state index contributed by atoms with van der Waals surface area (Å²) in [6, 6.07) is 0. The first-order valence-corrected chi connectivity index (χ1v) is 10.3. The van der Waals surface area contributed by atoms with Gasteiger partial charge in [-0.3, -0.25) is 28.7 Å². The van der Waals surface area contributed by atoms with Crippen LogP contribution in [0.5, 0.6) is 0 Å². The SMILES string of the molecule is Cc1cn([C@H]2C[C@H](O)[C@@H](Cn3cc(Cn4cc(I)c(=O)[nH]c4=O)nn3)O2)c(=O)[nH]c1=O. The van der Waals surface area contributed by atoms with E-state index in [9.17, 15) is 24.3 Å². The Kier molecular flexibility index (Phi) is 5.76. The highest BCUT2D eigenvalue weighted by Crippen LogP contribution is 2.28. The Bertz CT molecular complexity index is 1350. The minimum atomic E-state index is -0.861. The van der Waals surface area contributed by atoms with Crippen molar-refractivity contribution in [2.24, 2.45) is 0 Å². The second-order valence-corrected chi connectivity index (χ2v) is 8.37. The Labute approximate surface area is 186 Å². The van der Waals surface area contributed by atoms with Crippen molar-refractivity contribution in [3.8, 4) is 0 Å². The van der Waals surface area contributed by atoms with Crippen molar-refractivity contribution in [1.82, 2.24) is 34.1 Å². The Balaban J connectivity index is 1.47. The molecule has 31 heavy (non-hydrogen) atoms. The summed E-state index contributed by atoms with van der Waals surface area (Å²) in [6.07, 6.45) is 2.35. The van der Waals surface area contributed by atoms with Crippen molar-refractivity contribution in [2.45, 2.75) is 44.9 Å². The van der Waals surface area contributed by atoms with E-state index < -0.39 is 40.9 Å². The second kappa shape index (κ2) is 8.35. The predicted molar refractivity (Wildman–Crippen MR) is 114 cm³/mol. The molecule has 1 saturated heterocycles. The first-order valence-electron chi connectivity index (χ1n) is 9.25. The molecule has 3 aromatic rings. The smallest absolute Gasteiger partial charge is 0.330 e. The number of hydrogen-bond donors (Lipinski definition) is 3. The predicted octanol–water partition coefficient (Wildman–Crippen LogP) is -1.71. The van der Waals surface area contributed by atoms with Gasteiger partial charge in [0.2, 0.25) is 0 Å². The largest absolute Gasteiger partial charge is 0.390 e. The fourth-order valence-electron chi connectivity index (χ4n) is 3.31. The molecule has 0 aromatic carbocycles. The lowest BCUT2D eigenvalue weighted by Gasteiger charge is -2.16. The average molecular weight is 543 g/mol. The van der Waals surface area contributed by atoms with Crippen molar-refractivity contribution >= 4 is 22.6 Å². The molecule has 1 aliphatic heterocycles. The summed E-state index contributed by atoms with van der Waals surface area (Å²) in [5.74, 6) is 0. The van der Waals surface area contributed by atoms with Crippen LogP contribution in [0.25, 0.3) is 0 Å². The highest BCUT2D eigenvalue weighted by atomic mass is 127. The molecule has 164 valence electrons. The van der Waals surface area contributed by atoms with Gasteiger partial charge in [0.1, 0.15) is 18.0 Å². The van der Waals surface area contributed by atoms with E-state index in [4.69, 9.17) is 4.74 Å². The van der Waals surface area contributed by atoms with Crippen LogP contribution in [0.4, 0.5) is 0 Å². The average Bonchev–Trinajstić information content (AvgIpc) is 3.29. The standard InChI is InChI=1S/C17H18IN7O6/c1-8-3-25(17(30)19-14(8)27)13-2-11(26)12(31-13)7-24-5-9(21-22-24)4-23-6-10(18)15(28)20-16(23)29/h3,5-6,11-13,26H,2,4,7H2,1H3,(H,19,27,30)(H,20,28,29)/t11-,12+,13+/m0/s1. The van der Waals surface area contributed by atoms with Crippen molar-refractivity contribution in [1.29, 1.82) is 0 Å². The molecule has 0 spiro atoms. The number of rotatable bonds is 5. The van der Waals surface area contributed by atoms with Crippen LogP contribution in [-0.2, 0) is 17.8 Å². The third-order valence-electron chi connectivity index (χ3n) is 4.91. The minimum absolute atomic E-state index is 0.106. The number of nitrogens with zero attached hydrogens (tertiary/aromatic N) is 5. The van der Waals surface area contributed by atoms with Gasteiger partial charge in [0, 0.05) is 24.4 Å². The molecule has 0 aliphatic carbocycles. The van der Waals surface area contributed by atoms with Gasteiger partial charge >= 0.3 is 11.4 Å². The number of nitrogens with one attached hydrogen (secondary N) is 2. The lowest BCUT2D eigenvalue weighted by atomic mass is 10.2. The monoisotopic (exact) mass is 543 g/mol. The molecule has 0 radical (unpaired) electrons. The molecule has 1 aliphatic rings. The summed E-state index contributed by atoms with van der Waals surface area (Å²) in [6.45, 7) is 1.84. The molecule has 4 heterocycles. The normalized spacial score (nSPS) is 20.9. The van der Waals surface area contributed by atoms with E-state index in [-0.39, 0.29) is 19.5 Å². The number of halogens is 1. The molecule has 4 rings (SSSR count). The van der Waals surface area contributed by atoms with Gasteiger partial charge < -0.3 is 9.84 Å². The topological polar surface area (TPSA) is 170 Å². The summed E-state index contributed by atoms with van der Waals surface area (Å²) in [7, 11) is 0. The van der Waals surface area contributed by atoms with Crippen molar-refractivity contribution in [3.63, 3.8) is 0 Å². The van der Waals surface area contributed by atoms with E-state index >= 15 is 0 Å². The van der Waals surface area contributed by atoms with Crippen LogP contribution in [0, 0.1) is 10.5 Å². The second-order valence-electron chi connectivity index (χ2n) is 7.21. The minimum Gasteiger partial charge on any atom is -0.390 e. The maximum absolute atomic E-state index is 12.1. The molecule has 13 nitrogen and oxygen atoms in total. The van der Waals surface area contributed by atoms with Crippen LogP contribution in [0.15, 0.2) is 37.8 Å². The molecule has 0 bridgehead atoms. The van der Waals surface area contributed by atoms with E-state index in [0.29, 0.717) is 14.8 Å². The Morgan fingerprint density at radius 2 is 1.90 bits per heavy atom. The van der Waals surface area contributed by atoms with Gasteiger partial charge in [-0.25, -0.2) is 14.3 Å². The van der Waals surface area contributed by atoms with Crippen LogP contribution in [-0.4, -0.2) is 51.4 Å². The Morgan fingerprint density at radius 1 is 1.16 bits per heavy atom. The molecule has 0 amide bonds. The maximum atomic E-state index is 12.1. The van der Waals surface area contributed by atoms with E-state index in [1.807, 2.05) is 22.6 Å². The highest BCUT2D eigenvalue weighted by Gasteiger charge is 2.36. The zero-order valence-electron chi connectivity index (χ0n) is 16.2. The maximum Gasteiger partial charge on any atom is 0.330 e. The van der Waals surface area contributed by atoms with Gasteiger partial charge in [-0.1, -0.05) is 5.21 Å². The molecule has 0 unspecified atom stereocenters. The molecule has 1 fully saturated rings. The van der Waals surface area contributed by atoms with E-state index in [0.717, 1.165) is 0 Å². The Morgan fingerprint density at radius 3 is 2.68 bits per heavy atom. The summed E-state index contributed by atoms with van der Waals surface area (Å²) in [4.78, 5) is 51.4. The summed E-state index contributed by atoms with van der Waals surface area (Å²) in [5.41, 5.74) is -1.26. The number of H-pyrrole nitrogens is 2. The summed E-state index contributed by atoms with van der Waals surface area (Å²) in [5, 5.41) is 18.4. The zero-order valence-corrected chi connectivity index (χ0v) is 18.3. The molecule has 3 N–H and O–H groups in total. The van der Waals surface area contributed by atoms with Gasteiger partial charge in [0.25, 0.3) is 11.1 Å². The quantitative estimate of drug-likeness (QED) is 0.320. The van der Waals surface area contributed by atoms with Crippen LogP contribution in [0.2, 0.25) is 0 Å². The molecule has 14 heteroatoms. The summed E-state index contributed by atoms with van der Waals surface area (Å²) < 4.78 is 10.2. The van der Waals surface area contributed by atoms with E-state index in [2.05, 4.69) is 20.3 Å². The Hall–Kier alpha value is -2.85. The van der Waals surface area contributed by atoms with Crippen LogP contribution in [0.3, 0.4) is 0 Å². The third-order valence-corrected chi connectivity index (χ3v) is 5.68. The molecule has 0 saturated carbocycles. The van der Waals surface area contributed by atoms with E-state index in [1.165, 1.54) is 26.2 Å². The number of aryl methyl sites for hydroxylation is 1. The number of aromatic amines is 2. The van der Waals surface area contributed by atoms with Gasteiger partial charge in [-0.15, -0.1) is 5.10 Å². The lowest BCUT2D eigenvalue weighted by molar-refractivity contribution is -0.0302. The van der Waals surface area contributed by atoms with Crippen LogP contribution >= 0.6 is 22.6 Å². The molecular weight excluding hydrogens is 525 g/mol. The van der Waals surface area contributed by atoms with Crippen LogP contribution < -0.4 is 22.5 Å². The van der Waals surface area contributed by atoms with Gasteiger partial charge in [-0.2, -0.15) is 0 Å². The van der Waals surface area contributed by atoms with Gasteiger partial charge in [0.15, 0.2) is 0 Å². The van der Waals surface area contributed by atoms with Crippen molar-refractivity contribution < 1.29 is 9.84 Å².